The van der Waals surface area contributed by atoms with Crippen LogP contribution in [-0.2, 0) is 0 Å². The van der Waals surface area contributed by atoms with Crippen molar-refractivity contribution in [1.29, 1.82) is 0 Å². The zero-order chi connectivity index (χ0) is 12.3. The lowest BCUT2D eigenvalue weighted by Crippen LogP contribution is -2.07. The summed E-state index contributed by atoms with van der Waals surface area (Å²) >= 11 is 12.0. The van der Waals surface area contributed by atoms with Crippen molar-refractivity contribution >= 4 is 28.9 Å². The molecule has 1 heterocycles. The van der Waals surface area contributed by atoms with Crippen LogP contribution in [0.2, 0.25) is 10.0 Å². The topological polar surface area (TPSA) is 24.9 Å². The Morgan fingerprint density at radius 3 is 2.47 bits per heavy atom. The molecule has 4 heteroatoms. The molecule has 0 saturated carbocycles. The van der Waals surface area contributed by atoms with Crippen LogP contribution in [-0.4, -0.2) is 4.98 Å². The highest BCUT2D eigenvalue weighted by Crippen LogP contribution is 2.28. The molecule has 0 radical (unpaired) electrons. The Morgan fingerprint density at radius 2 is 1.82 bits per heavy atom. The van der Waals surface area contributed by atoms with Gasteiger partial charge in [0.25, 0.3) is 0 Å². The SMILES string of the molecule is CC(Nc1ccncc1)c1ccc(Cl)cc1Cl. The molecule has 0 aliphatic rings. The molecule has 88 valence electrons. The normalized spacial score (nSPS) is 12.2. The molecule has 0 amide bonds. The van der Waals surface area contributed by atoms with Crippen molar-refractivity contribution in [1.82, 2.24) is 4.98 Å². The zero-order valence-corrected chi connectivity index (χ0v) is 10.8. The molecular formula is C13H12Cl2N2. The Bertz CT molecular complexity index is 500. The van der Waals surface area contributed by atoms with Gasteiger partial charge in [-0.05, 0) is 36.8 Å². The summed E-state index contributed by atoms with van der Waals surface area (Å²) in [7, 11) is 0. The summed E-state index contributed by atoms with van der Waals surface area (Å²) in [5, 5.41) is 4.67. The monoisotopic (exact) mass is 266 g/mol. The average molecular weight is 267 g/mol. The molecule has 2 rings (SSSR count). The van der Waals surface area contributed by atoms with Gasteiger partial charge in [-0.3, -0.25) is 4.98 Å². The van der Waals surface area contributed by atoms with Gasteiger partial charge in [0.2, 0.25) is 0 Å². The molecule has 1 atom stereocenters. The third kappa shape index (κ3) is 3.11. The Kier molecular flexibility index (Phi) is 3.87. The largest absolute Gasteiger partial charge is 0.378 e. The summed E-state index contributed by atoms with van der Waals surface area (Å²) in [4.78, 5) is 3.97. The predicted molar refractivity (Wildman–Crippen MR) is 72.7 cm³/mol. The Morgan fingerprint density at radius 1 is 1.12 bits per heavy atom. The molecule has 0 saturated heterocycles. The molecule has 2 aromatic rings. The molecule has 17 heavy (non-hydrogen) atoms. The molecule has 1 unspecified atom stereocenters. The fourth-order valence-electron chi connectivity index (χ4n) is 1.63. The smallest absolute Gasteiger partial charge is 0.0500 e. The number of benzene rings is 1. The minimum absolute atomic E-state index is 0.113. The first-order valence-electron chi connectivity index (χ1n) is 5.28. The van der Waals surface area contributed by atoms with Crippen LogP contribution in [0.5, 0.6) is 0 Å². The van der Waals surface area contributed by atoms with Gasteiger partial charge in [-0.15, -0.1) is 0 Å². The Labute approximate surface area is 111 Å². The number of rotatable bonds is 3. The number of hydrogen-bond acceptors (Lipinski definition) is 2. The van der Waals surface area contributed by atoms with E-state index in [0.29, 0.717) is 10.0 Å². The maximum absolute atomic E-state index is 6.15. The van der Waals surface area contributed by atoms with Crippen LogP contribution in [0.1, 0.15) is 18.5 Å². The molecule has 0 aliphatic heterocycles. The summed E-state index contributed by atoms with van der Waals surface area (Å²) in [6.45, 7) is 2.05. The third-order valence-electron chi connectivity index (χ3n) is 2.49. The second-order valence-electron chi connectivity index (χ2n) is 3.77. The van der Waals surface area contributed by atoms with Gasteiger partial charge in [0.05, 0.1) is 0 Å². The van der Waals surface area contributed by atoms with Crippen LogP contribution in [0.3, 0.4) is 0 Å². The van der Waals surface area contributed by atoms with E-state index in [1.165, 1.54) is 0 Å². The second-order valence-corrected chi connectivity index (χ2v) is 4.61. The first-order valence-corrected chi connectivity index (χ1v) is 6.04. The quantitative estimate of drug-likeness (QED) is 0.881. The first kappa shape index (κ1) is 12.2. The zero-order valence-electron chi connectivity index (χ0n) is 9.32. The lowest BCUT2D eigenvalue weighted by Gasteiger charge is -2.17. The van der Waals surface area contributed by atoms with Crippen molar-refractivity contribution in [2.75, 3.05) is 5.32 Å². The van der Waals surface area contributed by atoms with E-state index in [4.69, 9.17) is 23.2 Å². The van der Waals surface area contributed by atoms with Crippen molar-refractivity contribution in [2.45, 2.75) is 13.0 Å². The number of halogens is 2. The average Bonchev–Trinajstić information content (AvgIpc) is 2.30. The highest BCUT2D eigenvalue weighted by atomic mass is 35.5. The van der Waals surface area contributed by atoms with E-state index in [9.17, 15) is 0 Å². The summed E-state index contributed by atoms with van der Waals surface area (Å²) in [6, 6.07) is 9.48. The minimum Gasteiger partial charge on any atom is -0.378 e. The van der Waals surface area contributed by atoms with Gasteiger partial charge < -0.3 is 5.32 Å². The summed E-state index contributed by atoms with van der Waals surface area (Å²) in [5.74, 6) is 0. The van der Waals surface area contributed by atoms with Crippen LogP contribution in [0.4, 0.5) is 5.69 Å². The lowest BCUT2D eigenvalue weighted by molar-refractivity contribution is 0.884. The van der Waals surface area contributed by atoms with Gasteiger partial charge in [-0.25, -0.2) is 0 Å². The molecule has 0 bridgehead atoms. The molecule has 0 spiro atoms. The van der Waals surface area contributed by atoms with Crippen molar-refractivity contribution in [3.05, 3.63) is 58.3 Å². The van der Waals surface area contributed by atoms with Crippen LogP contribution in [0, 0.1) is 0 Å². The molecule has 0 aliphatic carbocycles. The molecule has 1 aromatic carbocycles. The number of pyridine rings is 1. The summed E-state index contributed by atoms with van der Waals surface area (Å²) in [5.41, 5.74) is 2.03. The number of nitrogens with one attached hydrogen (secondary N) is 1. The van der Waals surface area contributed by atoms with E-state index in [1.54, 1.807) is 18.5 Å². The maximum Gasteiger partial charge on any atom is 0.0500 e. The highest BCUT2D eigenvalue weighted by molar-refractivity contribution is 6.35. The minimum atomic E-state index is 0.113. The van der Waals surface area contributed by atoms with Gasteiger partial charge in [0.15, 0.2) is 0 Å². The van der Waals surface area contributed by atoms with E-state index >= 15 is 0 Å². The number of anilines is 1. The number of hydrogen-bond donors (Lipinski definition) is 1. The molecule has 0 fully saturated rings. The summed E-state index contributed by atoms with van der Waals surface area (Å²) in [6.07, 6.45) is 3.50. The van der Waals surface area contributed by atoms with Gasteiger partial charge in [0.1, 0.15) is 0 Å². The van der Waals surface area contributed by atoms with E-state index in [2.05, 4.69) is 17.2 Å². The van der Waals surface area contributed by atoms with Gasteiger partial charge >= 0.3 is 0 Å². The van der Waals surface area contributed by atoms with Crippen LogP contribution in [0.25, 0.3) is 0 Å². The molecule has 1 N–H and O–H groups in total. The van der Waals surface area contributed by atoms with Gasteiger partial charge in [0, 0.05) is 34.2 Å². The van der Waals surface area contributed by atoms with Crippen molar-refractivity contribution in [3.8, 4) is 0 Å². The van der Waals surface area contributed by atoms with Gasteiger partial charge in [-0.1, -0.05) is 29.3 Å². The number of aromatic nitrogens is 1. The van der Waals surface area contributed by atoms with Gasteiger partial charge in [-0.2, -0.15) is 0 Å². The van der Waals surface area contributed by atoms with Crippen LogP contribution >= 0.6 is 23.2 Å². The molecular weight excluding hydrogens is 255 g/mol. The number of nitrogens with zero attached hydrogens (tertiary/aromatic N) is 1. The van der Waals surface area contributed by atoms with E-state index in [1.807, 2.05) is 24.3 Å². The highest BCUT2D eigenvalue weighted by Gasteiger charge is 2.09. The Balaban J connectivity index is 2.17. The lowest BCUT2D eigenvalue weighted by atomic mass is 10.1. The molecule has 1 aromatic heterocycles. The predicted octanol–water partition coefficient (Wildman–Crippen LogP) is 4.56. The van der Waals surface area contributed by atoms with Crippen molar-refractivity contribution < 1.29 is 0 Å². The maximum atomic E-state index is 6.15. The first-order chi connectivity index (χ1) is 8.16. The van der Waals surface area contributed by atoms with Crippen molar-refractivity contribution in [3.63, 3.8) is 0 Å². The third-order valence-corrected chi connectivity index (χ3v) is 3.05. The Hall–Kier alpha value is -1.25. The molecule has 2 nitrogen and oxygen atoms in total. The van der Waals surface area contributed by atoms with Crippen LogP contribution in [0.15, 0.2) is 42.7 Å². The van der Waals surface area contributed by atoms with E-state index in [0.717, 1.165) is 11.3 Å². The second kappa shape index (κ2) is 5.39. The fourth-order valence-corrected chi connectivity index (χ4v) is 2.20. The van der Waals surface area contributed by atoms with Crippen molar-refractivity contribution in [2.24, 2.45) is 0 Å². The van der Waals surface area contributed by atoms with E-state index in [-0.39, 0.29) is 6.04 Å². The standard InChI is InChI=1S/C13H12Cl2N2/c1-9(17-11-4-6-16-7-5-11)12-3-2-10(14)8-13(12)15/h2-9H,1H3,(H,16,17). The fraction of sp³-hybridized carbons (Fsp3) is 0.154. The van der Waals surface area contributed by atoms with E-state index < -0.39 is 0 Å². The van der Waals surface area contributed by atoms with Crippen LogP contribution < -0.4 is 5.32 Å². The summed E-state index contributed by atoms with van der Waals surface area (Å²) < 4.78 is 0.